The summed E-state index contributed by atoms with van der Waals surface area (Å²) in [5.74, 6) is -0.489. The lowest BCUT2D eigenvalue weighted by molar-refractivity contribution is -0.199. The number of hydrogen-bond donors (Lipinski definition) is 0. The molecule has 0 bridgehead atoms. The summed E-state index contributed by atoms with van der Waals surface area (Å²) in [5.41, 5.74) is 0.461. The Hall–Kier alpha value is -1.31. The fraction of sp³-hybridized carbons (Fsp3) is 0.615. The van der Waals surface area contributed by atoms with Gasteiger partial charge in [0.15, 0.2) is 16.6 Å². The normalized spacial score (nSPS) is 28.5. The van der Waals surface area contributed by atoms with Gasteiger partial charge in [0, 0.05) is 18.8 Å². The molecule has 1 saturated carbocycles. The smallest absolute Gasteiger partial charge is 0.198 e. The van der Waals surface area contributed by atoms with Crippen molar-refractivity contribution < 1.29 is 13.9 Å². The number of rotatable bonds is 1. The first-order valence-electron chi connectivity index (χ1n) is 6.97. The second kappa shape index (κ2) is 4.86. The van der Waals surface area contributed by atoms with Gasteiger partial charge in [0.05, 0.1) is 19.1 Å². The number of nitrogens with zero attached hydrogens (tertiary/aromatic N) is 4. The van der Waals surface area contributed by atoms with E-state index >= 15 is 0 Å². The number of hydrogen-bond acceptors (Lipinski definition) is 5. The molecule has 8 heteroatoms. The third-order valence-corrected chi connectivity index (χ3v) is 4.49. The van der Waals surface area contributed by atoms with Crippen molar-refractivity contribution in [3.63, 3.8) is 0 Å². The van der Waals surface area contributed by atoms with E-state index in [1.807, 2.05) is 0 Å². The molecule has 21 heavy (non-hydrogen) atoms. The van der Waals surface area contributed by atoms with Gasteiger partial charge in [0.25, 0.3) is 0 Å². The molecule has 6 nitrogen and oxygen atoms in total. The topological polar surface area (TPSA) is 61.5 Å². The third kappa shape index (κ3) is 2.03. The Labute approximate surface area is 125 Å². The SMILES string of the molecule is FC1CCC2(OCCO2)C(c2nnc3c(Cl)nccn23)C1. The van der Waals surface area contributed by atoms with Crippen LogP contribution in [0.2, 0.25) is 5.15 Å². The van der Waals surface area contributed by atoms with Crippen LogP contribution in [0, 0.1) is 0 Å². The second-order valence-corrected chi connectivity index (χ2v) is 5.76. The first-order valence-corrected chi connectivity index (χ1v) is 7.34. The van der Waals surface area contributed by atoms with Crippen LogP contribution in [-0.4, -0.2) is 44.8 Å². The maximum atomic E-state index is 13.9. The van der Waals surface area contributed by atoms with Crippen LogP contribution in [0.3, 0.4) is 0 Å². The van der Waals surface area contributed by atoms with Crippen molar-refractivity contribution in [2.75, 3.05) is 13.2 Å². The van der Waals surface area contributed by atoms with Gasteiger partial charge >= 0.3 is 0 Å². The van der Waals surface area contributed by atoms with Crippen molar-refractivity contribution in [1.82, 2.24) is 19.6 Å². The summed E-state index contributed by atoms with van der Waals surface area (Å²) >= 11 is 6.02. The molecule has 112 valence electrons. The molecular formula is C13H14ClFN4O2. The molecule has 1 spiro atoms. The summed E-state index contributed by atoms with van der Waals surface area (Å²) in [4.78, 5) is 3.98. The minimum atomic E-state index is -0.891. The molecule has 2 unspecified atom stereocenters. The summed E-state index contributed by atoms with van der Waals surface area (Å²) in [6.07, 6.45) is 3.67. The Balaban J connectivity index is 1.83. The molecule has 2 fully saturated rings. The van der Waals surface area contributed by atoms with Crippen LogP contribution in [0.25, 0.3) is 5.65 Å². The van der Waals surface area contributed by atoms with Crippen LogP contribution in [0.15, 0.2) is 12.4 Å². The number of halogens is 2. The predicted molar refractivity (Wildman–Crippen MR) is 71.9 cm³/mol. The summed E-state index contributed by atoms with van der Waals surface area (Å²) in [6.45, 7) is 1.04. The highest BCUT2D eigenvalue weighted by Crippen LogP contribution is 2.46. The van der Waals surface area contributed by atoms with Gasteiger partial charge < -0.3 is 9.47 Å². The maximum Gasteiger partial charge on any atom is 0.198 e. The molecule has 0 N–H and O–H groups in total. The van der Waals surface area contributed by atoms with E-state index in [0.29, 0.717) is 43.9 Å². The molecule has 2 atom stereocenters. The molecule has 4 rings (SSSR count). The molecule has 1 aliphatic heterocycles. The average Bonchev–Trinajstić information content (AvgIpc) is 3.11. The zero-order valence-electron chi connectivity index (χ0n) is 11.2. The minimum absolute atomic E-state index is 0.270. The molecule has 0 radical (unpaired) electrons. The Kier molecular flexibility index (Phi) is 3.09. The van der Waals surface area contributed by atoms with Crippen molar-refractivity contribution in [1.29, 1.82) is 0 Å². The fourth-order valence-corrected chi connectivity index (χ4v) is 3.44. The van der Waals surface area contributed by atoms with Crippen molar-refractivity contribution >= 4 is 17.2 Å². The van der Waals surface area contributed by atoms with E-state index in [4.69, 9.17) is 21.1 Å². The molecular weight excluding hydrogens is 299 g/mol. The minimum Gasteiger partial charge on any atom is -0.347 e. The van der Waals surface area contributed by atoms with Crippen LogP contribution in [0.1, 0.15) is 31.0 Å². The summed E-state index contributed by atoms with van der Waals surface area (Å²) in [5, 5.41) is 8.52. The Bertz CT molecular complexity index is 673. The lowest BCUT2D eigenvalue weighted by Crippen LogP contribution is -2.43. The van der Waals surface area contributed by atoms with Crippen LogP contribution in [0.4, 0.5) is 4.39 Å². The van der Waals surface area contributed by atoms with Gasteiger partial charge in [-0.2, -0.15) is 0 Å². The summed E-state index contributed by atoms with van der Waals surface area (Å²) < 4.78 is 27.3. The molecule has 3 heterocycles. The van der Waals surface area contributed by atoms with Gasteiger partial charge in [-0.3, -0.25) is 4.40 Å². The molecule has 2 aromatic heterocycles. The number of ether oxygens (including phenoxy) is 2. The van der Waals surface area contributed by atoms with E-state index in [-0.39, 0.29) is 11.1 Å². The Morgan fingerprint density at radius 2 is 2.14 bits per heavy atom. The van der Waals surface area contributed by atoms with Crippen molar-refractivity contribution in [2.45, 2.75) is 37.1 Å². The summed E-state index contributed by atoms with van der Waals surface area (Å²) in [7, 11) is 0. The Morgan fingerprint density at radius 3 is 2.95 bits per heavy atom. The van der Waals surface area contributed by atoms with Crippen LogP contribution < -0.4 is 0 Å². The molecule has 2 aromatic rings. The van der Waals surface area contributed by atoms with Gasteiger partial charge in [-0.05, 0) is 12.8 Å². The highest BCUT2D eigenvalue weighted by molar-refractivity contribution is 6.32. The molecule has 1 aliphatic carbocycles. The van der Waals surface area contributed by atoms with Gasteiger partial charge in [0.1, 0.15) is 12.0 Å². The highest BCUT2D eigenvalue weighted by atomic mass is 35.5. The lowest BCUT2D eigenvalue weighted by Gasteiger charge is -2.39. The first-order chi connectivity index (χ1) is 10.2. The number of fused-ring (bicyclic) bond motifs is 1. The largest absolute Gasteiger partial charge is 0.347 e. The third-order valence-electron chi connectivity index (χ3n) is 4.23. The van der Waals surface area contributed by atoms with Crippen molar-refractivity contribution in [3.8, 4) is 0 Å². The van der Waals surface area contributed by atoms with Gasteiger partial charge in [0.2, 0.25) is 0 Å². The van der Waals surface area contributed by atoms with Gasteiger partial charge in [-0.25, -0.2) is 9.37 Å². The number of alkyl halides is 1. The zero-order chi connectivity index (χ0) is 14.4. The lowest BCUT2D eigenvalue weighted by atomic mass is 9.81. The van der Waals surface area contributed by atoms with E-state index in [1.165, 1.54) is 0 Å². The van der Waals surface area contributed by atoms with Crippen molar-refractivity contribution in [3.05, 3.63) is 23.4 Å². The Morgan fingerprint density at radius 1 is 1.33 bits per heavy atom. The van der Waals surface area contributed by atoms with E-state index in [0.717, 1.165) is 0 Å². The standard InChI is InChI=1S/C13H14ClFN4O2/c14-10-12-18-17-11(19(12)4-3-16-10)9-7-8(15)1-2-13(9)20-5-6-21-13/h3-4,8-9H,1-2,5-7H2. The maximum absolute atomic E-state index is 13.9. The highest BCUT2D eigenvalue weighted by Gasteiger charge is 2.51. The second-order valence-electron chi connectivity index (χ2n) is 5.40. The van der Waals surface area contributed by atoms with E-state index in [2.05, 4.69) is 15.2 Å². The van der Waals surface area contributed by atoms with Crippen LogP contribution in [0.5, 0.6) is 0 Å². The molecule has 0 aromatic carbocycles. The average molecular weight is 313 g/mol. The predicted octanol–water partition coefficient (Wildman–Crippen LogP) is 2.13. The van der Waals surface area contributed by atoms with E-state index in [9.17, 15) is 4.39 Å². The van der Waals surface area contributed by atoms with E-state index in [1.54, 1.807) is 16.8 Å². The zero-order valence-corrected chi connectivity index (χ0v) is 12.0. The van der Waals surface area contributed by atoms with Crippen LogP contribution in [-0.2, 0) is 9.47 Å². The van der Waals surface area contributed by atoms with Gasteiger partial charge in [-0.1, -0.05) is 11.6 Å². The van der Waals surface area contributed by atoms with Crippen LogP contribution >= 0.6 is 11.6 Å². The number of aromatic nitrogens is 4. The van der Waals surface area contributed by atoms with Gasteiger partial charge in [-0.15, -0.1) is 10.2 Å². The van der Waals surface area contributed by atoms with Crippen molar-refractivity contribution in [2.24, 2.45) is 0 Å². The molecule has 0 amide bonds. The molecule has 2 aliphatic rings. The quantitative estimate of drug-likeness (QED) is 0.807. The fourth-order valence-electron chi connectivity index (χ4n) is 3.26. The summed E-state index contributed by atoms with van der Waals surface area (Å²) in [6, 6.07) is 0. The first kappa shape index (κ1) is 13.4. The molecule has 1 saturated heterocycles. The monoisotopic (exact) mass is 312 g/mol. The van der Waals surface area contributed by atoms with E-state index < -0.39 is 12.0 Å².